The fourth-order valence-corrected chi connectivity index (χ4v) is 3.11. The summed E-state index contributed by atoms with van der Waals surface area (Å²) in [7, 11) is -2.61. The Morgan fingerprint density at radius 3 is 2.15 bits per heavy atom. The van der Waals surface area contributed by atoms with Crippen LogP contribution in [0.2, 0.25) is 15.1 Å². The van der Waals surface area contributed by atoms with Gasteiger partial charge >= 0.3 is 16.7 Å². The molecule has 3 aromatic rings. The number of nitrogens with one attached hydrogen (secondary N) is 1. The third kappa shape index (κ3) is 8.36. The van der Waals surface area contributed by atoms with Crippen molar-refractivity contribution in [3.63, 3.8) is 0 Å². The molecule has 0 aliphatic rings. The molecule has 0 saturated carbocycles. The predicted molar refractivity (Wildman–Crippen MR) is 121 cm³/mol. The van der Waals surface area contributed by atoms with Gasteiger partial charge in [-0.1, -0.05) is 76.4 Å². The summed E-state index contributed by atoms with van der Waals surface area (Å²) in [4.78, 5) is 5.37. The van der Waals surface area contributed by atoms with Gasteiger partial charge in [-0.2, -0.15) is 26.4 Å². The summed E-state index contributed by atoms with van der Waals surface area (Å²) < 4.78 is 63.5. The first kappa shape index (κ1) is 26.7. The second kappa shape index (κ2) is 12.0. The summed E-state index contributed by atoms with van der Waals surface area (Å²) in [5.74, 6) is 0. The van der Waals surface area contributed by atoms with Gasteiger partial charge < -0.3 is 4.84 Å². The molecular weight excluding hydrogens is 524 g/mol. The molecule has 3 rings (SSSR count). The van der Waals surface area contributed by atoms with Gasteiger partial charge in [0, 0.05) is 16.1 Å². The van der Waals surface area contributed by atoms with Crippen molar-refractivity contribution in [3.05, 3.63) is 104 Å². The topological polar surface area (TPSA) is 79.6 Å². The van der Waals surface area contributed by atoms with E-state index in [-0.39, 0.29) is 22.9 Å². The van der Waals surface area contributed by atoms with Gasteiger partial charge in [0.1, 0.15) is 12.3 Å². The van der Waals surface area contributed by atoms with Crippen LogP contribution in [0, 0.1) is 4.78 Å². The lowest BCUT2D eigenvalue weighted by Gasteiger charge is -2.15. The van der Waals surface area contributed by atoms with E-state index in [1.807, 2.05) is 0 Å². The number of oxime groups is 1. The molecule has 1 N–H and O–H groups in total. The monoisotopic (exact) mass is 536 g/mol. The van der Waals surface area contributed by atoms with Crippen molar-refractivity contribution in [2.75, 3.05) is 0 Å². The van der Waals surface area contributed by atoms with Crippen LogP contribution in [-0.4, -0.2) is 14.1 Å². The van der Waals surface area contributed by atoms with Crippen LogP contribution < -0.4 is 0 Å². The van der Waals surface area contributed by atoms with Crippen LogP contribution in [0.3, 0.4) is 0 Å². The molecule has 0 amide bonds. The molecule has 174 valence electrons. The summed E-state index contributed by atoms with van der Waals surface area (Å²) in [6.07, 6.45) is -4.58. The highest BCUT2D eigenvalue weighted by Gasteiger charge is 2.35. The number of alkyl halides is 3. The molecule has 5 nitrogen and oxygen atoms in total. The number of halogens is 6. The Morgan fingerprint density at radius 1 is 0.939 bits per heavy atom. The molecule has 0 aliphatic carbocycles. The Kier molecular flexibility index (Phi) is 9.72. The highest BCUT2D eigenvalue weighted by molar-refractivity contribution is 7.60. The zero-order chi connectivity index (χ0) is 24.6. The molecule has 0 heterocycles. The maximum atomic E-state index is 13.6. The van der Waals surface area contributed by atoms with Crippen molar-refractivity contribution in [1.29, 1.82) is 4.78 Å². The predicted octanol–water partition coefficient (Wildman–Crippen LogP) is 7.26. The molecule has 3 aromatic carbocycles. The van der Waals surface area contributed by atoms with E-state index >= 15 is 0 Å². The summed E-state index contributed by atoms with van der Waals surface area (Å²) in [6, 6.07) is 16.6. The van der Waals surface area contributed by atoms with E-state index in [2.05, 4.69) is 5.16 Å². The van der Waals surface area contributed by atoms with Gasteiger partial charge in [-0.15, -0.1) is 0 Å². The fourth-order valence-electron chi connectivity index (χ4n) is 2.61. The smallest absolute Gasteiger partial charge is 0.390 e. The fraction of sp³-hybridized carbons (Fsp3) is 0.0952. The molecule has 0 unspecified atom stereocenters. The van der Waals surface area contributed by atoms with Crippen LogP contribution >= 0.6 is 34.8 Å². The molecule has 0 fully saturated rings. The van der Waals surface area contributed by atoms with Crippen molar-refractivity contribution in [2.45, 2.75) is 12.8 Å². The maximum absolute atomic E-state index is 13.6. The first-order valence-electron chi connectivity index (χ1n) is 8.86. The lowest BCUT2D eigenvalue weighted by molar-refractivity contribution is -0.137. The molecule has 0 bridgehead atoms. The quantitative estimate of drug-likeness (QED) is 0.275. The number of nitrogens with zero attached hydrogens (tertiary/aromatic N) is 1. The highest BCUT2D eigenvalue weighted by Crippen LogP contribution is 2.34. The molecule has 0 aliphatic heterocycles. The molecule has 0 aromatic heterocycles. The van der Waals surface area contributed by atoms with E-state index in [9.17, 15) is 13.2 Å². The van der Waals surface area contributed by atoms with Crippen molar-refractivity contribution in [2.24, 2.45) is 5.16 Å². The van der Waals surface area contributed by atoms with E-state index < -0.39 is 22.2 Å². The molecule has 0 atom stereocenters. The third-order valence-corrected chi connectivity index (χ3v) is 4.93. The molecule has 33 heavy (non-hydrogen) atoms. The first-order valence-corrected chi connectivity index (χ1v) is 11.1. The Hall–Kier alpha value is -2.59. The van der Waals surface area contributed by atoms with Crippen LogP contribution in [-0.2, 0) is 28.1 Å². The maximum Gasteiger partial charge on any atom is 0.417 e. The average molecular weight is 538 g/mol. The van der Waals surface area contributed by atoms with Crippen molar-refractivity contribution >= 4 is 51.0 Å². The van der Waals surface area contributed by atoms with E-state index in [1.54, 1.807) is 48.5 Å². The molecule has 0 spiro atoms. The average Bonchev–Trinajstić information content (AvgIpc) is 2.73. The van der Waals surface area contributed by atoms with Crippen LogP contribution in [0.4, 0.5) is 13.2 Å². The Labute approximate surface area is 203 Å². The number of hydrogen-bond acceptors (Lipinski definition) is 5. The molecule has 0 saturated heterocycles. The minimum absolute atomic E-state index is 0.00482. The zero-order valence-electron chi connectivity index (χ0n) is 16.4. The SMILES string of the molecule is FC(F)(F)c1ccc(Cl)cc1/C(=N/OCc1ccc(Cl)c(Cl)c1)c1ccccc1.N=S(=O)=O. The van der Waals surface area contributed by atoms with Crippen molar-refractivity contribution in [1.82, 2.24) is 0 Å². The normalized spacial score (nSPS) is 11.4. The van der Waals surface area contributed by atoms with Crippen LogP contribution in [0.25, 0.3) is 0 Å². The van der Waals surface area contributed by atoms with Gasteiger partial charge in [0.2, 0.25) is 0 Å². The van der Waals surface area contributed by atoms with Crippen LogP contribution in [0.5, 0.6) is 0 Å². The van der Waals surface area contributed by atoms with Crippen molar-refractivity contribution in [3.8, 4) is 0 Å². The standard InChI is InChI=1S/C21H13Cl3F3NO.HNO2S/c22-15-7-8-17(21(25,26)27)16(11-15)20(14-4-2-1-3-5-14)28-29-12-13-6-9-18(23)19(24)10-13;1-4(2)3/h1-11H,12H2;1H/b28-20+;. The van der Waals surface area contributed by atoms with Gasteiger partial charge in [-0.3, -0.25) is 0 Å². The Bertz CT molecular complexity index is 1250. The van der Waals surface area contributed by atoms with Crippen LogP contribution in [0.15, 0.2) is 71.9 Å². The van der Waals surface area contributed by atoms with E-state index in [1.165, 1.54) is 12.1 Å². The van der Waals surface area contributed by atoms with Crippen LogP contribution in [0.1, 0.15) is 22.3 Å². The van der Waals surface area contributed by atoms with Gasteiger partial charge in [-0.05, 0) is 35.9 Å². The van der Waals surface area contributed by atoms with Gasteiger partial charge in [-0.25, -0.2) is 0 Å². The Balaban J connectivity index is 0.000000890. The number of benzene rings is 3. The van der Waals surface area contributed by atoms with Crippen molar-refractivity contribution < 1.29 is 26.4 Å². The Morgan fingerprint density at radius 2 is 1.58 bits per heavy atom. The van der Waals surface area contributed by atoms with Gasteiger partial charge in [0.25, 0.3) is 0 Å². The second-order valence-corrected chi connectivity index (χ2v) is 7.97. The minimum atomic E-state index is -4.58. The first-order chi connectivity index (χ1) is 15.5. The lowest BCUT2D eigenvalue weighted by atomic mass is 9.97. The van der Waals surface area contributed by atoms with Gasteiger partial charge in [0.15, 0.2) is 0 Å². The number of rotatable bonds is 5. The molecular formula is C21H14Cl3F3N2O3S. The summed E-state index contributed by atoms with van der Waals surface area (Å²) in [5, 5.41) is 4.89. The highest BCUT2D eigenvalue weighted by atomic mass is 35.5. The zero-order valence-corrected chi connectivity index (χ0v) is 19.5. The third-order valence-electron chi connectivity index (χ3n) is 3.96. The largest absolute Gasteiger partial charge is 0.417 e. The lowest BCUT2D eigenvalue weighted by Crippen LogP contribution is -2.15. The molecule has 12 heteroatoms. The van der Waals surface area contributed by atoms with E-state index in [0.717, 1.165) is 6.07 Å². The summed E-state index contributed by atoms with van der Waals surface area (Å²) >= 11 is 17.8. The van der Waals surface area contributed by atoms with E-state index in [0.29, 0.717) is 21.2 Å². The van der Waals surface area contributed by atoms with Gasteiger partial charge in [0.05, 0.1) is 15.6 Å². The summed E-state index contributed by atoms with van der Waals surface area (Å²) in [6.45, 7) is -0.00482. The molecule has 0 radical (unpaired) electrons. The summed E-state index contributed by atoms with van der Waals surface area (Å²) in [5.41, 5.74) is 0.0978. The van der Waals surface area contributed by atoms with E-state index in [4.69, 9.17) is 52.8 Å². The second-order valence-electron chi connectivity index (χ2n) is 6.25. The number of hydrogen-bond donors (Lipinski definition) is 1. The minimum Gasteiger partial charge on any atom is -0.390 e.